The standard InChI is InChI=1S/C18H22FN3O2/c1-2-11-22-12-7-14(8-13-22)17(23)20-9-10-21-18(24)15-5-3-4-6-16(15)19/h1,3-6,14H,7-13H2,(H,20,23)(H,21,24). The molecule has 24 heavy (non-hydrogen) atoms. The Kier molecular flexibility index (Phi) is 6.76. The summed E-state index contributed by atoms with van der Waals surface area (Å²) < 4.78 is 13.5. The number of halogens is 1. The van der Waals surface area contributed by atoms with Crippen molar-refractivity contribution in [1.82, 2.24) is 15.5 Å². The van der Waals surface area contributed by atoms with Crippen LogP contribution < -0.4 is 10.6 Å². The highest BCUT2D eigenvalue weighted by atomic mass is 19.1. The van der Waals surface area contributed by atoms with Crippen LogP contribution >= 0.6 is 0 Å². The molecule has 1 aliphatic heterocycles. The Labute approximate surface area is 141 Å². The number of hydrogen-bond donors (Lipinski definition) is 2. The second-order valence-electron chi connectivity index (χ2n) is 5.78. The smallest absolute Gasteiger partial charge is 0.254 e. The monoisotopic (exact) mass is 331 g/mol. The molecular weight excluding hydrogens is 309 g/mol. The number of carbonyl (C=O) groups is 2. The highest BCUT2D eigenvalue weighted by molar-refractivity contribution is 5.94. The van der Waals surface area contributed by atoms with Crippen LogP contribution in [0.25, 0.3) is 0 Å². The van der Waals surface area contributed by atoms with Crippen molar-refractivity contribution < 1.29 is 14.0 Å². The third-order valence-electron chi connectivity index (χ3n) is 4.10. The normalized spacial score (nSPS) is 15.5. The molecule has 6 heteroatoms. The van der Waals surface area contributed by atoms with E-state index in [1.165, 1.54) is 18.2 Å². The average molecular weight is 331 g/mol. The molecule has 2 N–H and O–H groups in total. The van der Waals surface area contributed by atoms with Crippen molar-refractivity contribution in [2.24, 2.45) is 5.92 Å². The van der Waals surface area contributed by atoms with Crippen molar-refractivity contribution in [3.63, 3.8) is 0 Å². The van der Waals surface area contributed by atoms with Crippen LogP contribution in [-0.4, -0.2) is 49.4 Å². The van der Waals surface area contributed by atoms with Gasteiger partial charge in [-0.3, -0.25) is 14.5 Å². The second kappa shape index (κ2) is 9.04. The lowest BCUT2D eigenvalue weighted by Crippen LogP contribution is -2.42. The molecule has 128 valence electrons. The molecular formula is C18H22FN3O2. The molecule has 1 fully saturated rings. The predicted octanol–water partition coefficient (Wildman–Crippen LogP) is 1.02. The average Bonchev–Trinajstić information content (AvgIpc) is 2.59. The molecule has 5 nitrogen and oxygen atoms in total. The van der Waals surface area contributed by atoms with E-state index in [1.54, 1.807) is 6.07 Å². The topological polar surface area (TPSA) is 61.4 Å². The zero-order valence-corrected chi connectivity index (χ0v) is 13.6. The maximum absolute atomic E-state index is 13.5. The number of benzene rings is 1. The summed E-state index contributed by atoms with van der Waals surface area (Å²) in [6.45, 7) is 2.85. The minimum atomic E-state index is -0.558. The quantitative estimate of drug-likeness (QED) is 0.604. The minimum Gasteiger partial charge on any atom is -0.354 e. The van der Waals surface area contributed by atoms with E-state index < -0.39 is 11.7 Å². The first-order chi connectivity index (χ1) is 11.6. The van der Waals surface area contributed by atoms with Crippen LogP contribution in [0.4, 0.5) is 4.39 Å². The molecule has 1 aliphatic rings. The van der Waals surface area contributed by atoms with E-state index in [1.807, 2.05) is 0 Å². The number of piperidine rings is 1. The highest BCUT2D eigenvalue weighted by Gasteiger charge is 2.24. The molecule has 1 saturated heterocycles. The zero-order valence-electron chi connectivity index (χ0n) is 13.6. The lowest BCUT2D eigenvalue weighted by molar-refractivity contribution is -0.126. The minimum absolute atomic E-state index is 0.00417. The van der Waals surface area contributed by atoms with Gasteiger partial charge < -0.3 is 10.6 Å². The third kappa shape index (κ3) is 5.07. The number of likely N-dealkylation sites (tertiary alicyclic amines) is 1. The fourth-order valence-corrected chi connectivity index (χ4v) is 2.73. The lowest BCUT2D eigenvalue weighted by atomic mass is 9.96. The molecule has 0 radical (unpaired) electrons. The van der Waals surface area contributed by atoms with Crippen LogP contribution in [0, 0.1) is 24.1 Å². The molecule has 0 aromatic heterocycles. The van der Waals surface area contributed by atoms with Crippen molar-refractivity contribution in [3.05, 3.63) is 35.6 Å². The van der Waals surface area contributed by atoms with E-state index in [2.05, 4.69) is 21.5 Å². The summed E-state index contributed by atoms with van der Waals surface area (Å²) in [5.41, 5.74) is 0.00436. The number of nitrogens with zero attached hydrogens (tertiary/aromatic N) is 1. The number of amides is 2. The maximum atomic E-state index is 13.5. The van der Waals surface area contributed by atoms with E-state index in [-0.39, 0.29) is 23.9 Å². The Morgan fingerprint density at radius 1 is 1.21 bits per heavy atom. The maximum Gasteiger partial charge on any atom is 0.254 e. The third-order valence-corrected chi connectivity index (χ3v) is 4.10. The fraction of sp³-hybridized carbons (Fsp3) is 0.444. The summed E-state index contributed by atoms with van der Waals surface area (Å²) in [6.07, 6.45) is 6.86. The van der Waals surface area contributed by atoms with Gasteiger partial charge in [0.15, 0.2) is 0 Å². The fourth-order valence-electron chi connectivity index (χ4n) is 2.73. The van der Waals surface area contributed by atoms with E-state index in [4.69, 9.17) is 6.42 Å². The van der Waals surface area contributed by atoms with E-state index in [0.29, 0.717) is 13.1 Å². The molecule has 1 aromatic rings. The molecule has 1 aromatic carbocycles. The van der Waals surface area contributed by atoms with E-state index >= 15 is 0 Å². The van der Waals surface area contributed by atoms with Gasteiger partial charge in [-0.2, -0.15) is 0 Å². The summed E-state index contributed by atoms with van der Waals surface area (Å²) in [6, 6.07) is 5.80. The molecule has 0 bridgehead atoms. The molecule has 0 atom stereocenters. The van der Waals surface area contributed by atoms with Gasteiger partial charge in [0.25, 0.3) is 5.91 Å². The Morgan fingerprint density at radius 2 is 1.88 bits per heavy atom. The van der Waals surface area contributed by atoms with Crippen molar-refractivity contribution in [3.8, 4) is 12.3 Å². The Morgan fingerprint density at radius 3 is 2.54 bits per heavy atom. The van der Waals surface area contributed by atoms with Gasteiger partial charge in [-0.25, -0.2) is 4.39 Å². The molecule has 0 aliphatic carbocycles. The highest BCUT2D eigenvalue weighted by Crippen LogP contribution is 2.16. The van der Waals surface area contributed by atoms with Crippen LogP contribution in [-0.2, 0) is 4.79 Å². The van der Waals surface area contributed by atoms with Crippen LogP contribution in [0.1, 0.15) is 23.2 Å². The number of hydrogen-bond acceptors (Lipinski definition) is 3. The van der Waals surface area contributed by atoms with Gasteiger partial charge in [0.2, 0.25) is 5.91 Å². The first kappa shape index (κ1) is 18.0. The Balaban J connectivity index is 1.66. The molecule has 1 heterocycles. The van der Waals surface area contributed by atoms with Gasteiger partial charge in [-0.05, 0) is 38.1 Å². The van der Waals surface area contributed by atoms with Gasteiger partial charge in [-0.15, -0.1) is 6.42 Å². The van der Waals surface area contributed by atoms with Gasteiger partial charge in [0.05, 0.1) is 12.1 Å². The van der Waals surface area contributed by atoms with Crippen LogP contribution in [0.3, 0.4) is 0 Å². The zero-order chi connectivity index (χ0) is 17.4. The number of terminal acetylenes is 1. The summed E-state index contributed by atoms with van der Waals surface area (Å²) in [7, 11) is 0. The molecule has 2 rings (SSSR count). The van der Waals surface area contributed by atoms with Crippen LogP contribution in [0.15, 0.2) is 24.3 Å². The van der Waals surface area contributed by atoms with E-state index in [0.717, 1.165) is 25.9 Å². The second-order valence-corrected chi connectivity index (χ2v) is 5.78. The SMILES string of the molecule is C#CCN1CCC(C(=O)NCCNC(=O)c2ccccc2F)CC1. The van der Waals surface area contributed by atoms with Crippen molar-refractivity contribution in [2.75, 3.05) is 32.7 Å². The van der Waals surface area contributed by atoms with E-state index in [9.17, 15) is 14.0 Å². The van der Waals surface area contributed by atoms with Gasteiger partial charge in [-0.1, -0.05) is 18.1 Å². The molecule has 0 spiro atoms. The van der Waals surface area contributed by atoms with Gasteiger partial charge in [0, 0.05) is 19.0 Å². The Hall–Kier alpha value is -2.39. The predicted molar refractivity (Wildman–Crippen MR) is 89.7 cm³/mol. The number of carbonyl (C=O) groups excluding carboxylic acids is 2. The van der Waals surface area contributed by atoms with Gasteiger partial charge in [0.1, 0.15) is 5.82 Å². The first-order valence-electron chi connectivity index (χ1n) is 8.08. The summed E-state index contributed by atoms with van der Waals surface area (Å²) in [5.74, 6) is 1.55. The van der Waals surface area contributed by atoms with Crippen LogP contribution in [0.5, 0.6) is 0 Å². The molecule has 0 saturated carbocycles. The van der Waals surface area contributed by atoms with Crippen molar-refractivity contribution in [1.29, 1.82) is 0 Å². The first-order valence-corrected chi connectivity index (χ1v) is 8.08. The summed E-state index contributed by atoms with van der Waals surface area (Å²) in [4.78, 5) is 26.1. The van der Waals surface area contributed by atoms with Gasteiger partial charge >= 0.3 is 0 Å². The molecule has 2 amide bonds. The number of nitrogens with one attached hydrogen (secondary N) is 2. The summed E-state index contributed by atoms with van der Waals surface area (Å²) in [5, 5.41) is 5.41. The van der Waals surface area contributed by atoms with Crippen molar-refractivity contribution in [2.45, 2.75) is 12.8 Å². The van der Waals surface area contributed by atoms with Crippen LogP contribution in [0.2, 0.25) is 0 Å². The number of rotatable bonds is 6. The largest absolute Gasteiger partial charge is 0.354 e. The van der Waals surface area contributed by atoms with Crippen molar-refractivity contribution >= 4 is 11.8 Å². The summed E-state index contributed by atoms with van der Waals surface area (Å²) >= 11 is 0. The Bertz CT molecular complexity index is 619. The lowest BCUT2D eigenvalue weighted by Gasteiger charge is -2.29. The molecule has 0 unspecified atom stereocenters.